The van der Waals surface area contributed by atoms with Gasteiger partial charge in [-0.15, -0.1) is 0 Å². The zero-order valence-corrected chi connectivity index (χ0v) is 33.7. The first-order chi connectivity index (χ1) is 27.9. The maximum absolute atomic E-state index is 13.9. The number of fused-ring (bicyclic) bond motifs is 2. The van der Waals surface area contributed by atoms with Gasteiger partial charge in [0.2, 0.25) is 11.8 Å². The van der Waals surface area contributed by atoms with Crippen LogP contribution in [0.4, 0.5) is 9.59 Å². The molecule has 1 spiro atoms. The largest absolute Gasteiger partial charge is 0.453 e. The highest BCUT2D eigenvalue weighted by Gasteiger charge is 2.55. The SMILES string of the molecule is COC(=O)N[C@H](C(=O)N1CCC[C@H]1c1nc(-c2ccc3nc(-c4ccc5[nH]c([C@@H]6CC7(CC7)CN6C(=O)[C@@H](NC(=O)OC)C(C)C)nc5c4)ncc3c2)c[nH]1)C(C)C. The van der Waals surface area contributed by atoms with E-state index in [0.717, 1.165) is 76.7 Å². The third kappa shape index (κ3) is 7.42. The molecule has 0 radical (unpaired) electrons. The molecule has 1 aliphatic carbocycles. The topological polar surface area (TPSA) is 200 Å². The number of imidazole rings is 2. The molecule has 4 N–H and O–H groups in total. The van der Waals surface area contributed by atoms with E-state index < -0.39 is 24.3 Å². The number of methoxy groups -OCH3 is 2. The van der Waals surface area contributed by atoms with Gasteiger partial charge in [0.15, 0.2) is 5.82 Å². The second kappa shape index (κ2) is 15.4. The molecule has 58 heavy (non-hydrogen) atoms. The summed E-state index contributed by atoms with van der Waals surface area (Å²) in [6.07, 6.45) is 6.93. The number of hydrogen-bond acceptors (Lipinski definition) is 10. The van der Waals surface area contributed by atoms with Crippen molar-refractivity contribution in [2.45, 2.75) is 84.0 Å². The quantitative estimate of drug-likeness (QED) is 0.129. The van der Waals surface area contributed by atoms with Crippen molar-refractivity contribution in [2.75, 3.05) is 27.3 Å². The Morgan fingerprint density at radius 1 is 0.810 bits per heavy atom. The number of hydrogen-bond donors (Lipinski definition) is 4. The third-order valence-electron chi connectivity index (χ3n) is 11.9. The van der Waals surface area contributed by atoms with Crippen molar-refractivity contribution in [1.29, 1.82) is 0 Å². The predicted molar refractivity (Wildman–Crippen MR) is 215 cm³/mol. The summed E-state index contributed by atoms with van der Waals surface area (Å²) in [6, 6.07) is 9.93. The minimum absolute atomic E-state index is 0.0933. The Kier molecular flexibility index (Phi) is 10.3. The van der Waals surface area contributed by atoms with Gasteiger partial charge in [-0.05, 0) is 79.7 Å². The second-order valence-electron chi connectivity index (χ2n) is 16.6. The van der Waals surface area contributed by atoms with Gasteiger partial charge in [-0.25, -0.2) is 29.5 Å². The molecule has 4 atom stereocenters. The van der Waals surface area contributed by atoms with E-state index in [0.29, 0.717) is 24.7 Å². The third-order valence-corrected chi connectivity index (χ3v) is 11.9. The number of aromatic amines is 2. The van der Waals surface area contributed by atoms with Crippen molar-refractivity contribution in [3.8, 4) is 22.6 Å². The summed E-state index contributed by atoms with van der Waals surface area (Å²) in [7, 11) is 2.58. The standard InChI is InChI=1S/C42H50N10O6/c1-22(2)33(49-40(55)57-5)38(53)51-15-7-8-31(51)36-44-20-30(48-36)24-9-11-27-26(16-24)19-43-35(45-27)25-10-12-28-29(17-25)47-37(46-28)32-18-42(13-14-42)21-52(32)39(54)34(23(3)4)50-41(56)58-6/h9-12,16-17,19-20,22-23,31-34H,7-8,13-15,18,21H2,1-6H3,(H,44,48)(H,46,47)(H,49,55)(H,50,56)/t31-,32-,33-,34-/m0/s1. The summed E-state index contributed by atoms with van der Waals surface area (Å²) in [5.74, 6) is 1.45. The highest BCUT2D eigenvalue weighted by molar-refractivity contribution is 5.88. The lowest BCUT2D eigenvalue weighted by molar-refractivity contribution is -0.136. The van der Waals surface area contributed by atoms with E-state index in [1.165, 1.54) is 14.2 Å². The molecule has 16 nitrogen and oxygen atoms in total. The fourth-order valence-corrected chi connectivity index (χ4v) is 8.45. The average molecular weight is 791 g/mol. The van der Waals surface area contributed by atoms with Gasteiger partial charge in [-0.1, -0.05) is 33.8 Å². The van der Waals surface area contributed by atoms with Crippen LogP contribution >= 0.6 is 0 Å². The van der Waals surface area contributed by atoms with Crippen molar-refractivity contribution in [2.24, 2.45) is 17.3 Å². The van der Waals surface area contributed by atoms with Crippen LogP contribution in [0.3, 0.4) is 0 Å². The number of rotatable bonds is 10. The van der Waals surface area contributed by atoms with E-state index in [1.54, 1.807) is 11.1 Å². The zero-order valence-electron chi connectivity index (χ0n) is 33.7. The lowest BCUT2D eigenvalue weighted by atomic mass is 10.0. The van der Waals surface area contributed by atoms with Crippen LogP contribution in [0.25, 0.3) is 44.6 Å². The zero-order chi connectivity index (χ0) is 40.9. The molecule has 3 aromatic heterocycles. The van der Waals surface area contributed by atoms with Gasteiger partial charge in [-0.3, -0.25) is 9.59 Å². The molecule has 304 valence electrons. The first-order valence-electron chi connectivity index (χ1n) is 20.0. The number of nitrogens with one attached hydrogen (secondary N) is 4. The molecule has 3 fully saturated rings. The Balaban J connectivity index is 0.997. The molecule has 2 aromatic carbocycles. The van der Waals surface area contributed by atoms with Crippen LogP contribution < -0.4 is 10.6 Å². The van der Waals surface area contributed by atoms with E-state index in [9.17, 15) is 19.2 Å². The molecule has 0 unspecified atom stereocenters. The van der Waals surface area contributed by atoms with Gasteiger partial charge in [0.25, 0.3) is 0 Å². The minimum Gasteiger partial charge on any atom is -0.453 e. The van der Waals surface area contributed by atoms with E-state index in [4.69, 9.17) is 29.4 Å². The molecule has 2 saturated heterocycles. The molecular weight excluding hydrogens is 741 g/mol. The Bertz CT molecular complexity index is 2380. The Morgan fingerprint density at radius 3 is 2.17 bits per heavy atom. The number of nitrogens with zero attached hydrogens (tertiary/aromatic N) is 6. The molecule has 0 bridgehead atoms. The number of likely N-dealkylation sites (tertiary alicyclic amines) is 2. The highest BCUT2D eigenvalue weighted by Crippen LogP contribution is 2.58. The number of alkyl carbamates (subject to hydrolysis) is 2. The normalized spacial score (nSPS) is 19.6. The van der Waals surface area contributed by atoms with Crippen molar-refractivity contribution in [1.82, 2.24) is 50.3 Å². The number of H-pyrrole nitrogens is 2. The molecule has 2 aliphatic heterocycles. The summed E-state index contributed by atoms with van der Waals surface area (Å²) >= 11 is 0. The summed E-state index contributed by atoms with van der Waals surface area (Å²) in [4.78, 5) is 81.6. The molecular formula is C42H50N10O6. The lowest BCUT2D eigenvalue weighted by Crippen LogP contribution is -2.51. The van der Waals surface area contributed by atoms with Crippen LogP contribution in [0.15, 0.2) is 48.8 Å². The molecule has 5 heterocycles. The number of ether oxygens (including phenoxy) is 2. The van der Waals surface area contributed by atoms with Crippen LogP contribution in [0.1, 0.15) is 83.5 Å². The molecule has 8 rings (SSSR count). The van der Waals surface area contributed by atoms with Crippen molar-refractivity contribution in [3.63, 3.8) is 0 Å². The number of benzene rings is 2. The van der Waals surface area contributed by atoms with Gasteiger partial charge in [0, 0.05) is 42.0 Å². The molecule has 1 saturated carbocycles. The lowest BCUT2D eigenvalue weighted by Gasteiger charge is -2.30. The van der Waals surface area contributed by atoms with Gasteiger partial charge in [-0.2, -0.15) is 0 Å². The molecule has 3 aliphatic rings. The maximum atomic E-state index is 13.9. The highest BCUT2D eigenvalue weighted by atomic mass is 16.5. The van der Waals surface area contributed by atoms with Gasteiger partial charge in [0.1, 0.15) is 23.7 Å². The van der Waals surface area contributed by atoms with E-state index in [2.05, 4.69) is 20.6 Å². The van der Waals surface area contributed by atoms with Crippen molar-refractivity contribution in [3.05, 3.63) is 60.4 Å². The fraction of sp³-hybridized carbons (Fsp3) is 0.476. The summed E-state index contributed by atoms with van der Waals surface area (Å²) in [5.41, 5.74) is 4.90. The van der Waals surface area contributed by atoms with Crippen LogP contribution in [0.2, 0.25) is 0 Å². The second-order valence-corrected chi connectivity index (χ2v) is 16.6. The first-order valence-corrected chi connectivity index (χ1v) is 20.0. The van der Waals surface area contributed by atoms with Gasteiger partial charge >= 0.3 is 12.2 Å². The summed E-state index contributed by atoms with van der Waals surface area (Å²) in [5, 5.41) is 6.28. The van der Waals surface area contributed by atoms with Gasteiger partial charge < -0.3 is 39.9 Å². The smallest absolute Gasteiger partial charge is 0.407 e. The van der Waals surface area contributed by atoms with Crippen LogP contribution in [0, 0.1) is 17.3 Å². The average Bonchev–Trinajstić information content (AvgIpc) is 3.71. The van der Waals surface area contributed by atoms with E-state index in [1.807, 2.05) is 75.2 Å². The van der Waals surface area contributed by atoms with Gasteiger partial charge in [0.05, 0.1) is 48.5 Å². The number of carbonyl (C=O) groups excluding carboxylic acids is 4. The summed E-state index contributed by atoms with van der Waals surface area (Å²) in [6.45, 7) is 8.82. The minimum atomic E-state index is -0.709. The van der Waals surface area contributed by atoms with Crippen LogP contribution in [0.5, 0.6) is 0 Å². The number of aromatic nitrogens is 6. The Labute approximate surface area is 335 Å². The molecule has 4 amide bonds. The van der Waals surface area contributed by atoms with Crippen LogP contribution in [-0.4, -0.2) is 103 Å². The first kappa shape index (κ1) is 38.8. The summed E-state index contributed by atoms with van der Waals surface area (Å²) < 4.78 is 9.58. The maximum Gasteiger partial charge on any atom is 0.407 e. The Hall–Kier alpha value is -6.06. The van der Waals surface area contributed by atoms with Crippen LogP contribution in [-0.2, 0) is 19.1 Å². The predicted octanol–water partition coefficient (Wildman–Crippen LogP) is 6.04. The fourth-order valence-electron chi connectivity index (χ4n) is 8.45. The van der Waals surface area contributed by atoms with E-state index >= 15 is 0 Å². The molecule has 5 aromatic rings. The van der Waals surface area contributed by atoms with E-state index in [-0.39, 0.29) is 41.1 Å². The Morgan fingerprint density at radius 2 is 1.50 bits per heavy atom. The monoisotopic (exact) mass is 790 g/mol. The van der Waals surface area contributed by atoms with Crippen molar-refractivity contribution >= 4 is 45.9 Å². The number of carbonyl (C=O) groups is 4. The number of amides is 4. The van der Waals surface area contributed by atoms with Crippen molar-refractivity contribution < 1.29 is 28.7 Å². The molecule has 16 heteroatoms.